The SMILES string of the molecule is CC(C(=O)N(C)Cc1ccccc1)N1CCCC(O)C1. The van der Waals surface area contributed by atoms with Crippen molar-refractivity contribution in [2.45, 2.75) is 38.5 Å². The van der Waals surface area contributed by atoms with Gasteiger partial charge in [-0.2, -0.15) is 0 Å². The van der Waals surface area contributed by atoms with Crippen LogP contribution in [-0.4, -0.2) is 53.1 Å². The minimum Gasteiger partial charge on any atom is -0.392 e. The van der Waals surface area contributed by atoms with Crippen LogP contribution in [0.25, 0.3) is 0 Å². The van der Waals surface area contributed by atoms with Crippen LogP contribution in [0.2, 0.25) is 0 Å². The van der Waals surface area contributed by atoms with Crippen LogP contribution in [0.1, 0.15) is 25.3 Å². The van der Waals surface area contributed by atoms with Crippen LogP contribution in [0.15, 0.2) is 30.3 Å². The van der Waals surface area contributed by atoms with Crippen LogP contribution in [0.3, 0.4) is 0 Å². The highest BCUT2D eigenvalue weighted by Gasteiger charge is 2.28. The summed E-state index contributed by atoms with van der Waals surface area (Å²) in [6.07, 6.45) is 1.51. The van der Waals surface area contributed by atoms with E-state index in [-0.39, 0.29) is 18.1 Å². The van der Waals surface area contributed by atoms with Crippen LogP contribution < -0.4 is 0 Å². The predicted octanol–water partition coefficient (Wildman–Crippen LogP) is 1.49. The number of benzene rings is 1. The summed E-state index contributed by atoms with van der Waals surface area (Å²) in [4.78, 5) is 16.3. The Morgan fingerprint density at radius 2 is 2.15 bits per heavy atom. The van der Waals surface area contributed by atoms with E-state index in [0.717, 1.165) is 24.9 Å². The zero-order chi connectivity index (χ0) is 14.5. The van der Waals surface area contributed by atoms with Crippen molar-refractivity contribution in [1.82, 2.24) is 9.80 Å². The molecule has 1 aliphatic heterocycles. The molecule has 1 aliphatic rings. The van der Waals surface area contributed by atoms with Gasteiger partial charge in [-0.05, 0) is 31.9 Å². The Bertz CT molecular complexity index is 435. The maximum absolute atomic E-state index is 12.5. The van der Waals surface area contributed by atoms with Crippen molar-refractivity contribution >= 4 is 5.91 Å². The van der Waals surface area contributed by atoms with E-state index in [1.54, 1.807) is 4.90 Å². The molecule has 4 nitrogen and oxygen atoms in total. The summed E-state index contributed by atoms with van der Waals surface area (Å²) >= 11 is 0. The van der Waals surface area contributed by atoms with Crippen molar-refractivity contribution in [2.24, 2.45) is 0 Å². The molecule has 0 bridgehead atoms. The van der Waals surface area contributed by atoms with Crippen molar-refractivity contribution < 1.29 is 9.90 Å². The molecule has 0 aromatic heterocycles. The number of hydrogen-bond donors (Lipinski definition) is 1. The quantitative estimate of drug-likeness (QED) is 0.906. The molecular weight excluding hydrogens is 252 g/mol. The minimum atomic E-state index is -0.293. The predicted molar refractivity (Wildman–Crippen MR) is 79.2 cm³/mol. The first-order valence-corrected chi connectivity index (χ1v) is 7.29. The van der Waals surface area contributed by atoms with Crippen LogP contribution in [0.4, 0.5) is 0 Å². The molecule has 1 amide bonds. The molecule has 0 spiro atoms. The van der Waals surface area contributed by atoms with Gasteiger partial charge in [0, 0.05) is 20.1 Å². The number of likely N-dealkylation sites (tertiary alicyclic amines) is 1. The van der Waals surface area contributed by atoms with E-state index >= 15 is 0 Å². The van der Waals surface area contributed by atoms with E-state index in [1.165, 1.54) is 0 Å². The lowest BCUT2D eigenvalue weighted by atomic mass is 10.1. The maximum atomic E-state index is 12.5. The highest BCUT2D eigenvalue weighted by Crippen LogP contribution is 2.15. The summed E-state index contributed by atoms with van der Waals surface area (Å²) in [6, 6.07) is 9.83. The zero-order valence-electron chi connectivity index (χ0n) is 12.3. The van der Waals surface area contributed by atoms with Gasteiger partial charge in [0.2, 0.25) is 5.91 Å². The molecule has 1 N–H and O–H groups in total. The highest BCUT2D eigenvalue weighted by atomic mass is 16.3. The van der Waals surface area contributed by atoms with Gasteiger partial charge >= 0.3 is 0 Å². The van der Waals surface area contributed by atoms with Crippen molar-refractivity contribution in [3.05, 3.63) is 35.9 Å². The van der Waals surface area contributed by atoms with Crippen LogP contribution in [0.5, 0.6) is 0 Å². The summed E-state index contributed by atoms with van der Waals surface area (Å²) < 4.78 is 0. The summed E-state index contributed by atoms with van der Waals surface area (Å²) in [5, 5.41) is 9.72. The number of rotatable bonds is 4. The summed E-state index contributed by atoms with van der Waals surface area (Å²) in [7, 11) is 1.84. The van der Waals surface area contributed by atoms with E-state index in [9.17, 15) is 9.90 Å². The maximum Gasteiger partial charge on any atom is 0.239 e. The van der Waals surface area contributed by atoms with Gasteiger partial charge in [0.05, 0.1) is 12.1 Å². The fourth-order valence-corrected chi connectivity index (χ4v) is 2.75. The summed E-state index contributed by atoms with van der Waals surface area (Å²) in [5.74, 6) is 0.114. The number of amides is 1. The number of aliphatic hydroxyl groups excluding tert-OH is 1. The Balaban J connectivity index is 1.92. The van der Waals surface area contributed by atoms with Gasteiger partial charge in [0.25, 0.3) is 0 Å². The molecule has 2 atom stereocenters. The second kappa shape index (κ2) is 6.86. The standard InChI is InChI=1S/C16H24N2O2/c1-13(18-10-6-9-15(19)12-18)16(20)17(2)11-14-7-4-3-5-8-14/h3-5,7-8,13,15,19H,6,9-12H2,1-2H3. The highest BCUT2D eigenvalue weighted by molar-refractivity contribution is 5.81. The first-order chi connectivity index (χ1) is 9.58. The number of carbonyl (C=O) groups is 1. The van der Waals surface area contributed by atoms with Crippen molar-refractivity contribution in [3.8, 4) is 0 Å². The average molecular weight is 276 g/mol. The Morgan fingerprint density at radius 1 is 1.45 bits per heavy atom. The van der Waals surface area contributed by atoms with Gasteiger partial charge in [-0.1, -0.05) is 30.3 Å². The Morgan fingerprint density at radius 3 is 2.80 bits per heavy atom. The van der Waals surface area contributed by atoms with Gasteiger partial charge in [-0.15, -0.1) is 0 Å². The summed E-state index contributed by atoms with van der Waals surface area (Å²) in [5.41, 5.74) is 1.13. The van der Waals surface area contributed by atoms with E-state index in [1.807, 2.05) is 44.3 Å². The smallest absolute Gasteiger partial charge is 0.239 e. The molecule has 4 heteroatoms. The van der Waals surface area contributed by atoms with Crippen LogP contribution in [-0.2, 0) is 11.3 Å². The first kappa shape index (κ1) is 15.0. The molecule has 1 saturated heterocycles. The largest absolute Gasteiger partial charge is 0.392 e. The van der Waals surface area contributed by atoms with E-state index in [4.69, 9.17) is 0 Å². The number of likely N-dealkylation sites (N-methyl/N-ethyl adjacent to an activating group) is 1. The molecule has 0 aliphatic carbocycles. The lowest BCUT2D eigenvalue weighted by Crippen LogP contribution is -2.50. The van der Waals surface area contributed by atoms with Crippen molar-refractivity contribution in [1.29, 1.82) is 0 Å². The molecule has 1 heterocycles. The fourth-order valence-electron chi connectivity index (χ4n) is 2.75. The van der Waals surface area contributed by atoms with Crippen LogP contribution in [0, 0.1) is 0 Å². The van der Waals surface area contributed by atoms with E-state index < -0.39 is 0 Å². The second-order valence-corrected chi connectivity index (χ2v) is 5.65. The molecular formula is C16H24N2O2. The Labute approximate surface area is 121 Å². The molecule has 110 valence electrons. The Hall–Kier alpha value is -1.39. The third kappa shape index (κ3) is 3.81. The molecule has 0 saturated carbocycles. The lowest BCUT2D eigenvalue weighted by molar-refractivity contribution is -0.136. The number of hydrogen-bond acceptors (Lipinski definition) is 3. The Kier molecular flexibility index (Phi) is 5.15. The molecule has 0 radical (unpaired) electrons. The summed E-state index contributed by atoms with van der Waals surface area (Å²) in [6.45, 7) is 4.05. The van der Waals surface area contributed by atoms with Gasteiger partial charge in [-0.3, -0.25) is 9.69 Å². The zero-order valence-corrected chi connectivity index (χ0v) is 12.3. The molecule has 1 fully saturated rings. The van der Waals surface area contributed by atoms with Gasteiger partial charge in [-0.25, -0.2) is 0 Å². The van der Waals surface area contributed by atoms with Gasteiger partial charge < -0.3 is 10.0 Å². The van der Waals surface area contributed by atoms with Crippen molar-refractivity contribution in [3.63, 3.8) is 0 Å². The topological polar surface area (TPSA) is 43.8 Å². The molecule has 20 heavy (non-hydrogen) atoms. The lowest BCUT2D eigenvalue weighted by Gasteiger charge is -2.35. The first-order valence-electron chi connectivity index (χ1n) is 7.29. The molecule has 1 aromatic carbocycles. The van der Waals surface area contributed by atoms with Gasteiger partial charge in [0.15, 0.2) is 0 Å². The third-order valence-corrected chi connectivity index (χ3v) is 3.97. The molecule has 2 rings (SSSR count). The average Bonchev–Trinajstić information content (AvgIpc) is 2.46. The monoisotopic (exact) mass is 276 g/mol. The minimum absolute atomic E-state index is 0.114. The number of nitrogens with zero attached hydrogens (tertiary/aromatic N) is 2. The molecule has 1 aromatic rings. The molecule has 2 unspecified atom stereocenters. The number of carbonyl (C=O) groups excluding carboxylic acids is 1. The number of piperidine rings is 1. The third-order valence-electron chi connectivity index (χ3n) is 3.97. The second-order valence-electron chi connectivity index (χ2n) is 5.65. The van der Waals surface area contributed by atoms with Crippen LogP contribution >= 0.6 is 0 Å². The van der Waals surface area contributed by atoms with E-state index in [0.29, 0.717) is 13.1 Å². The number of aliphatic hydroxyl groups is 1. The van der Waals surface area contributed by atoms with E-state index in [2.05, 4.69) is 4.90 Å². The number of β-amino-alcohol motifs (C(OH)–C–C–N with tert-alkyl or cyclic N) is 1. The van der Waals surface area contributed by atoms with Gasteiger partial charge in [0.1, 0.15) is 0 Å². The van der Waals surface area contributed by atoms with Crippen molar-refractivity contribution in [2.75, 3.05) is 20.1 Å². The fraction of sp³-hybridized carbons (Fsp3) is 0.562. The normalized spacial score (nSPS) is 21.4.